The number of rotatable bonds is 8. The topological polar surface area (TPSA) is 77.3 Å². The lowest BCUT2D eigenvalue weighted by Crippen LogP contribution is -2.71. The SMILES string of the molecule is c1ccc(-c2nc(-c3ccccc3)nc(-c3ccc(-c4nc(-c5ccc(C67CC8CC(C6)C87)cc5)nc(-c5ccccc5-c5ccccc5)n4)cc3)n2)cc1. The Hall–Kier alpha value is -6.66. The molecule has 2 aromatic heterocycles. The van der Waals surface area contributed by atoms with Crippen LogP contribution in [0, 0.1) is 17.8 Å². The van der Waals surface area contributed by atoms with Crippen molar-refractivity contribution >= 4 is 0 Å². The van der Waals surface area contributed by atoms with E-state index in [0.717, 1.165) is 62.3 Å². The largest absolute Gasteiger partial charge is 0.208 e. The van der Waals surface area contributed by atoms with Crippen LogP contribution in [0.15, 0.2) is 164 Å². The molecule has 3 fully saturated rings. The normalized spacial score (nSPS) is 20.4. The van der Waals surface area contributed by atoms with E-state index in [4.69, 9.17) is 29.9 Å². The van der Waals surface area contributed by atoms with Gasteiger partial charge in [0.2, 0.25) is 0 Å². The maximum absolute atomic E-state index is 5.15. The van der Waals surface area contributed by atoms with Gasteiger partial charge in [-0.1, -0.05) is 164 Å². The van der Waals surface area contributed by atoms with Crippen molar-refractivity contribution in [3.05, 3.63) is 169 Å². The van der Waals surface area contributed by atoms with Gasteiger partial charge in [-0.2, -0.15) is 0 Å². The fourth-order valence-electron chi connectivity index (χ4n) is 9.55. The van der Waals surface area contributed by atoms with Crippen LogP contribution in [0.3, 0.4) is 0 Å². The maximum Gasteiger partial charge on any atom is 0.164 e. The summed E-state index contributed by atoms with van der Waals surface area (Å²) in [6.45, 7) is 0. The molecular weight excluding hydrogens is 673 g/mol. The molecule has 55 heavy (non-hydrogen) atoms. The molecule has 0 spiro atoms. The predicted molar refractivity (Wildman–Crippen MR) is 217 cm³/mol. The Morgan fingerprint density at radius 2 is 0.673 bits per heavy atom. The molecule has 6 aromatic carbocycles. The van der Waals surface area contributed by atoms with Crippen molar-refractivity contribution in [1.29, 1.82) is 0 Å². The molecule has 2 heterocycles. The van der Waals surface area contributed by atoms with Gasteiger partial charge in [0.15, 0.2) is 34.9 Å². The van der Waals surface area contributed by atoms with Crippen molar-refractivity contribution in [2.24, 2.45) is 17.8 Å². The van der Waals surface area contributed by atoms with E-state index in [-0.39, 0.29) is 0 Å². The van der Waals surface area contributed by atoms with Crippen LogP contribution >= 0.6 is 0 Å². The minimum absolute atomic E-state index is 0.417. The van der Waals surface area contributed by atoms with Gasteiger partial charge >= 0.3 is 0 Å². The minimum atomic E-state index is 0.417. The van der Waals surface area contributed by atoms with E-state index in [9.17, 15) is 0 Å². The Labute approximate surface area is 320 Å². The van der Waals surface area contributed by atoms with Crippen molar-refractivity contribution in [2.45, 2.75) is 24.7 Å². The zero-order valence-electron chi connectivity index (χ0n) is 30.1. The Balaban J connectivity index is 0.997. The molecule has 0 N–H and O–H groups in total. The van der Waals surface area contributed by atoms with E-state index < -0.39 is 0 Å². The molecule has 2 unspecified atom stereocenters. The summed E-state index contributed by atoms with van der Waals surface area (Å²) in [5.41, 5.74) is 9.68. The van der Waals surface area contributed by atoms with Gasteiger partial charge in [-0.15, -0.1) is 0 Å². The van der Waals surface area contributed by atoms with Crippen molar-refractivity contribution in [3.63, 3.8) is 0 Å². The summed E-state index contributed by atoms with van der Waals surface area (Å²) in [6.07, 6.45) is 4.16. The van der Waals surface area contributed by atoms with Crippen molar-refractivity contribution in [3.8, 4) is 79.5 Å². The highest BCUT2D eigenvalue weighted by molar-refractivity contribution is 5.82. The average Bonchev–Trinajstić information content (AvgIpc) is 3.27. The summed E-state index contributed by atoms with van der Waals surface area (Å²) < 4.78 is 0. The highest BCUT2D eigenvalue weighted by atomic mass is 15.0. The Morgan fingerprint density at radius 1 is 0.327 bits per heavy atom. The molecule has 6 heteroatoms. The van der Waals surface area contributed by atoms with Crippen molar-refractivity contribution in [1.82, 2.24) is 29.9 Å². The van der Waals surface area contributed by atoms with Gasteiger partial charge in [-0.25, -0.2) is 29.9 Å². The summed E-state index contributed by atoms with van der Waals surface area (Å²) in [5.74, 6) is 6.62. The maximum atomic E-state index is 5.15. The predicted octanol–water partition coefficient (Wildman–Crippen LogP) is 11.0. The van der Waals surface area contributed by atoms with Gasteiger partial charge in [0, 0.05) is 33.4 Å². The third kappa shape index (κ3) is 5.39. The Kier molecular flexibility index (Phi) is 7.37. The Bertz CT molecular complexity index is 2610. The molecule has 3 aliphatic carbocycles. The first-order valence-corrected chi connectivity index (χ1v) is 19.2. The molecule has 0 amide bonds. The van der Waals surface area contributed by atoms with Crippen LogP contribution < -0.4 is 0 Å². The van der Waals surface area contributed by atoms with Gasteiger partial charge in [0.05, 0.1) is 0 Å². The number of hydrogen-bond acceptors (Lipinski definition) is 6. The average molecular weight is 709 g/mol. The van der Waals surface area contributed by atoms with Crippen LogP contribution in [0.5, 0.6) is 0 Å². The molecule has 0 aliphatic heterocycles. The molecule has 11 rings (SSSR count). The summed E-state index contributed by atoms with van der Waals surface area (Å²) in [4.78, 5) is 30.1. The molecule has 6 nitrogen and oxygen atoms in total. The van der Waals surface area contributed by atoms with Crippen LogP contribution in [0.25, 0.3) is 79.5 Å². The molecule has 0 radical (unpaired) electrons. The second kappa shape index (κ2) is 12.7. The Morgan fingerprint density at radius 3 is 1.09 bits per heavy atom. The molecular formula is C49H36N6. The van der Waals surface area contributed by atoms with E-state index in [0.29, 0.717) is 40.4 Å². The number of hydrogen-bond donors (Lipinski definition) is 0. The smallest absolute Gasteiger partial charge is 0.164 e. The number of aromatic nitrogens is 6. The second-order valence-electron chi connectivity index (χ2n) is 15.3. The van der Waals surface area contributed by atoms with Crippen molar-refractivity contribution < 1.29 is 0 Å². The first-order valence-electron chi connectivity index (χ1n) is 19.2. The van der Waals surface area contributed by atoms with E-state index >= 15 is 0 Å². The van der Waals surface area contributed by atoms with Gasteiger partial charge in [-0.05, 0) is 59.1 Å². The lowest BCUT2D eigenvalue weighted by Gasteiger charge is -2.76. The van der Waals surface area contributed by atoms with Crippen LogP contribution in [0.2, 0.25) is 0 Å². The highest BCUT2D eigenvalue weighted by Gasteiger charge is 2.71. The van der Waals surface area contributed by atoms with Crippen LogP contribution in [-0.4, -0.2) is 29.9 Å². The molecule has 2 atom stereocenters. The monoisotopic (exact) mass is 708 g/mol. The fourth-order valence-corrected chi connectivity index (χ4v) is 9.55. The van der Waals surface area contributed by atoms with Crippen LogP contribution in [-0.2, 0) is 5.41 Å². The number of nitrogens with zero attached hydrogens (tertiary/aromatic N) is 6. The summed E-state index contributed by atoms with van der Waals surface area (Å²) in [7, 11) is 0. The molecule has 8 aromatic rings. The fraction of sp³-hybridized carbons (Fsp3) is 0.143. The lowest BCUT2D eigenvalue weighted by molar-refractivity contribution is -0.219. The minimum Gasteiger partial charge on any atom is -0.208 e. The number of benzene rings is 6. The first kappa shape index (κ1) is 31.8. The van der Waals surface area contributed by atoms with E-state index in [1.807, 2.05) is 84.9 Å². The highest BCUT2D eigenvalue weighted by Crippen LogP contribution is 2.77. The zero-order chi connectivity index (χ0) is 36.3. The molecule has 0 saturated heterocycles. The lowest BCUT2D eigenvalue weighted by atomic mass is 9.28. The van der Waals surface area contributed by atoms with Gasteiger partial charge in [0.25, 0.3) is 0 Å². The second-order valence-corrected chi connectivity index (χ2v) is 15.3. The quantitative estimate of drug-likeness (QED) is 0.156. The standard InChI is InChI=1S/C49H36N6/c1-4-12-31(13-5-1)40-18-10-11-19-41(40)48-54-46(53-47(55-48)36-24-26-39(27-25-36)49-29-37-28-38(30-49)42(37)49)35-22-20-34(21-23-35)45-51-43(32-14-6-2-7-15-32)50-44(52-45)33-16-8-3-9-17-33/h1-27,37-38,42H,28-30H2. The van der Waals surface area contributed by atoms with E-state index in [1.54, 1.807) is 0 Å². The van der Waals surface area contributed by atoms with Crippen molar-refractivity contribution in [2.75, 3.05) is 0 Å². The van der Waals surface area contributed by atoms with E-state index in [2.05, 4.69) is 78.9 Å². The molecule has 0 bridgehead atoms. The molecule has 262 valence electrons. The van der Waals surface area contributed by atoms with Gasteiger partial charge < -0.3 is 0 Å². The molecule has 3 aliphatic rings. The van der Waals surface area contributed by atoms with Crippen LogP contribution in [0.1, 0.15) is 24.8 Å². The van der Waals surface area contributed by atoms with Gasteiger partial charge in [-0.3, -0.25) is 0 Å². The van der Waals surface area contributed by atoms with E-state index in [1.165, 1.54) is 24.8 Å². The summed E-state index contributed by atoms with van der Waals surface area (Å²) in [6, 6.07) is 56.2. The molecule has 3 saturated carbocycles. The summed E-state index contributed by atoms with van der Waals surface area (Å²) >= 11 is 0. The third-order valence-corrected chi connectivity index (χ3v) is 12.2. The van der Waals surface area contributed by atoms with Crippen LogP contribution in [0.4, 0.5) is 0 Å². The third-order valence-electron chi connectivity index (χ3n) is 12.2. The summed E-state index contributed by atoms with van der Waals surface area (Å²) in [5, 5.41) is 0. The zero-order valence-corrected chi connectivity index (χ0v) is 30.1. The first-order chi connectivity index (χ1) is 27.2. The van der Waals surface area contributed by atoms with Gasteiger partial charge in [0.1, 0.15) is 0 Å².